The maximum Gasteiger partial charge on any atom is 0.255 e. The first kappa shape index (κ1) is 15.9. The average molecular weight is 326 g/mol. The van der Waals surface area contributed by atoms with Crippen molar-refractivity contribution in [3.8, 4) is 0 Å². The first-order valence-corrected chi connectivity index (χ1v) is 8.97. The van der Waals surface area contributed by atoms with Crippen LogP contribution in [0.2, 0.25) is 0 Å². The van der Waals surface area contributed by atoms with Gasteiger partial charge in [-0.25, -0.2) is 0 Å². The van der Waals surface area contributed by atoms with Crippen LogP contribution in [0, 0.1) is 13.8 Å². The maximum absolute atomic E-state index is 12.6. The Balaban J connectivity index is 1.85. The van der Waals surface area contributed by atoms with Crippen LogP contribution in [0.1, 0.15) is 28.4 Å². The number of amides is 1. The number of rotatable bonds is 3. The lowest BCUT2D eigenvalue weighted by molar-refractivity contribution is 0.102. The van der Waals surface area contributed by atoms with E-state index in [0.717, 1.165) is 35.7 Å². The molecule has 0 atom stereocenters. The van der Waals surface area contributed by atoms with Crippen LogP contribution in [0.5, 0.6) is 0 Å². The Morgan fingerprint density at radius 3 is 2.61 bits per heavy atom. The predicted molar refractivity (Wildman–Crippen MR) is 98.9 cm³/mol. The summed E-state index contributed by atoms with van der Waals surface area (Å²) in [4.78, 5) is 16.2. The van der Waals surface area contributed by atoms with Crippen molar-refractivity contribution in [3.63, 3.8) is 0 Å². The second-order valence-electron chi connectivity index (χ2n) is 5.94. The highest BCUT2D eigenvalue weighted by atomic mass is 32.2. The summed E-state index contributed by atoms with van der Waals surface area (Å²) < 4.78 is 0. The molecule has 0 spiro atoms. The number of aryl methyl sites for hydroxylation is 2. The standard InChI is InChI=1S/C19H22N2OS/c1-4-21-7-8-23-18-6-5-15(12-17(18)21)19(22)20-16-10-13(2)9-14(3)11-16/h5-6,9-12H,4,7-8H2,1-3H3,(H,20,22). The van der Waals surface area contributed by atoms with Crippen molar-refractivity contribution in [2.24, 2.45) is 0 Å². The minimum absolute atomic E-state index is 0.0515. The van der Waals surface area contributed by atoms with Crippen LogP contribution < -0.4 is 10.2 Å². The molecular weight excluding hydrogens is 304 g/mol. The molecule has 1 heterocycles. The Labute approximate surface area is 142 Å². The molecule has 0 unspecified atom stereocenters. The lowest BCUT2D eigenvalue weighted by Crippen LogP contribution is -2.29. The fourth-order valence-electron chi connectivity index (χ4n) is 2.99. The number of carbonyl (C=O) groups is 1. The molecule has 1 aliphatic rings. The highest BCUT2D eigenvalue weighted by Gasteiger charge is 2.18. The number of nitrogens with zero attached hydrogens (tertiary/aromatic N) is 1. The molecule has 0 bridgehead atoms. The van der Waals surface area contributed by atoms with Gasteiger partial charge in [-0.2, -0.15) is 0 Å². The molecule has 0 fully saturated rings. The van der Waals surface area contributed by atoms with Crippen LogP contribution in [0.15, 0.2) is 41.3 Å². The van der Waals surface area contributed by atoms with Gasteiger partial charge in [0.15, 0.2) is 0 Å². The fraction of sp³-hybridized carbons (Fsp3) is 0.316. The highest BCUT2D eigenvalue weighted by Crippen LogP contribution is 2.35. The van der Waals surface area contributed by atoms with Gasteiger partial charge in [0.2, 0.25) is 0 Å². The van der Waals surface area contributed by atoms with Crippen molar-refractivity contribution in [2.75, 3.05) is 29.1 Å². The van der Waals surface area contributed by atoms with Gasteiger partial charge in [0.25, 0.3) is 5.91 Å². The fourth-order valence-corrected chi connectivity index (χ4v) is 4.02. The normalized spacial score (nSPS) is 13.6. The van der Waals surface area contributed by atoms with Gasteiger partial charge >= 0.3 is 0 Å². The number of hydrogen-bond donors (Lipinski definition) is 1. The van der Waals surface area contributed by atoms with Gasteiger partial charge in [-0.15, -0.1) is 11.8 Å². The van der Waals surface area contributed by atoms with Crippen molar-refractivity contribution in [2.45, 2.75) is 25.7 Å². The molecule has 4 heteroatoms. The number of nitrogens with one attached hydrogen (secondary N) is 1. The topological polar surface area (TPSA) is 32.3 Å². The van der Waals surface area contributed by atoms with Crippen molar-refractivity contribution in [3.05, 3.63) is 53.1 Å². The zero-order valence-corrected chi connectivity index (χ0v) is 14.7. The monoisotopic (exact) mass is 326 g/mol. The molecule has 2 aromatic carbocycles. The minimum Gasteiger partial charge on any atom is -0.370 e. The molecule has 0 saturated heterocycles. The molecule has 3 nitrogen and oxygen atoms in total. The third kappa shape index (κ3) is 3.53. The Morgan fingerprint density at radius 2 is 1.91 bits per heavy atom. The van der Waals surface area contributed by atoms with Gasteiger partial charge in [-0.3, -0.25) is 4.79 Å². The van der Waals surface area contributed by atoms with Crippen molar-refractivity contribution in [1.82, 2.24) is 0 Å². The first-order chi connectivity index (χ1) is 11.1. The van der Waals surface area contributed by atoms with E-state index >= 15 is 0 Å². The summed E-state index contributed by atoms with van der Waals surface area (Å²) in [7, 11) is 0. The summed E-state index contributed by atoms with van der Waals surface area (Å²) in [6.07, 6.45) is 0. The van der Waals surface area contributed by atoms with E-state index < -0.39 is 0 Å². The zero-order chi connectivity index (χ0) is 16.4. The first-order valence-electron chi connectivity index (χ1n) is 7.98. The largest absolute Gasteiger partial charge is 0.370 e. The molecular formula is C19H22N2OS. The molecule has 23 heavy (non-hydrogen) atoms. The summed E-state index contributed by atoms with van der Waals surface area (Å²) in [5.74, 6) is 1.05. The Kier molecular flexibility index (Phi) is 4.62. The van der Waals surface area contributed by atoms with Crippen LogP contribution >= 0.6 is 11.8 Å². The van der Waals surface area contributed by atoms with Crippen molar-refractivity contribution in [1.29, 1.82) is 0 Å². The predicted octanol–water partition coefficient (Wildman–Crippen LogP) is 4.49. The molecule has 1 N–H and O–H groups in total. The number of thioether (sulfide) groups is 1. The molecule has 0 radical (unpaired) electrons. The third-order valence-corrected chi connectivity index (χ3v) is 5.08. The van der Waals surface area contributed by atoms with Crippen LogP contribution in [0.25, 0.3) is 0 Å². The van der Waals surface area contributed by atoms with Gasteiger partial charge in [0.1, 0.15) is 0 Å². The lowest BCUT2D eigenvalue weighted by Gasteiger charge is -2.30. The van der Waals surface area contributed by atoms with E-state index in [1.165, 1.54) is 10.6 Å². The summed E-state index contributed by atoms with van der Waals surface area (Å²) >= 11 is 1.86. The second-order valence-corrected chi connectivity index (χ2v) is 7.08. The Bertz CT molecular complexity index is 722. The zero-order valence-electron chi connectivity index (χ0n) is 13.8. The smallest absolute Gasteiger partial charge is 0.255 e. The molecule has 1 amide bonds. The number of benzene rings is 2. The van der Waals surface area contributed by atoms with Crippen LogP contribution in [-0.4, -0.2) is 24.7 Å². The van der Waals surface area contributed by atoms with Gasteiger partial charge < -0.3 is 10.2 Å². The lowest BCUT2D eigenvalue weighted by atomic mass is 10.1. The van der Waals surface area contributed by atoms with Crippen molar-refractivity contribution < 1.29 is 4.79 Å². The van der Waals surface area contributed by atoms with E-state index in [4.69, 9.17) is 0 Å². The number of carbonyl (C=O) groups excluding carboxylic acids is 1. The summed E-state index contributed by atoms with van der Waals surface area (Å²) in [5, 5.41) is 3.02. The number of hydrogen-bond acceptors (Lipinski definition) is 3. The Morgan fingerprint density at radius 1 is 1.17 bits per heavy atom. The van der Waals surface area contributed by atoms with Gasteiger partial charge in [0, 0.05) is 35.0 Å². The van der Waals surface area contributed by atoms with Gasteiger partial charge in [-0.05, 0) is 62.2 Å². The van der Waals surface area contributed by atoms with E-state index in [1.54, 1.807) is 0 Å². The molecule has 0 aliphatic carbocycles. The van der Waals surface area contributed by atoms with E-state index in [0.29, 0.717) is 5.56 Å². The van der Waals surface area contributed by atoms with E-state index in [-0.39, 0.29) is 5.91 Å². The maximum atomic E-state index is 12.6. The molecule has 2 aromatic rings. The summed E-state index contributed by atoms with van der Waals surface area (Å²) in [6.45, 7) is 8.24. The van der Waals surface area contributed by atoms with Crippen LogP contribution in [0.4, 0.5) is 11.4 Å². The molecule has 0 aromatic heterocycles. The van der Waals surface area contributed by atoms with Crippen LogP contribution in [0.3, 0.4) is 0 Å². The average Bonchev–Trinajstić information content (AvgIpc) is 2.52. The van der Waals surface area contributed by atoms with E-state index in [9.17, 15) is 4.79 Å². The SMILES string of the molecule is CCN1CCSc2ccc(C(=O)Nc3cc(C)cc(C)c3)cc21. The third-order valence-electron chi connectivity index (χ3n) is 4.04. The van der Waals surface area contributed by atoms with Crippen LogP contribution in [-0.2, 0) is 0 Å². The van der Waals surface area contributed by atoms with Crippen molar-refractivity contribution >= 4 is 29.0 Å². The number of anilines is 2. The van der Waals surface area contributed by atoms with E-state index in [2.05, 4.69) is 29.3 Å². The minimum atomic E-state index is -0.0515. The summed E-state index contributed by atoms with van der Waals surface area (Å²) in [5.41, 5.74) is 5.05. The van der Waals surface area contributed by atoms with Gasteiger partial charge in [0.05, 0.1) is 5.69 Å². The molecule has 120 valence electrons. The highest BCUT2D eigenvalue weighted by molar-refractivity contribution is 7.99. The number of fused-ring (bicyclic) bond motifs is 1. The van der Waals surface area contributed by atoms with E-state index in [1.807, 2.05) is 49.9 Å². The quantitative estimate of drug-likeness (QED) is 0.902. The molecule has 0 saturated carbocycles. The summed E-state index contributed by atoms with van der Waals surface area (Å²) in [6, 6.07) is 12.1. The molecule has 3 rings (SSSR count). The van der Waals surface area contributed by atoms with Gasteiger partial charge in [-0.1, -0.05) is 6.07 Å². The second kappa shape index (κ2) is 6.67. The Hall–Kier alpha value is -1.94. The molecule has 1 aliphatic heterocycles.